The summed E-state index contributed by atoms with van der Waals surface area (Å²) in [6.45, 7) is 2.40. The molecule has 172 valence electrons. The van der Waals surface area contributed by atoms with E-state index in [0.29, 0.717) is 13.0 Å². The van der Waals surface area contributed by atoms with Crippen molar-refractivity contribution in [2.75, 3.05) is 13.2 Å². The summed E-state index contributed by atoms with van der Waals surface area (Å²) in [4.78, 5) is 38.6. The van der Waals surface area contributed by atoms with E-state index in [1.54, 1.807) is 6.92 Å². The van der Waals surface area contributed by atoms with Crippen LogP contribution in [0.2, 0.25) is 0 Å². The quantitative estimate of drug-likeness (QED) is 0.701. The number of hydrogen-bond acceptors (Lipinski definition) is 4. The van der Waals surface area contributed by atoms with Gasteiger partial charge >= 0.3 is 12.1 Å². The second kappa shape index (κ2) is 8.21. The SMILES string of the molecule is CC(CC(=O)N1CCCC2CC21C(=O)O)NC(=O)OCC1c2ccccc2-c2ccccc21. The molecule has 1 heterocycles. The Labute approximate surface area is 192 Å². The third kappa shape index (κ3) is 3.65. The zero-order valence-corrected chi connectivity index (χ0v) is 18.6. The van der Waals surface area contributed by atoms with Crippen LogP contribution >= 0.6 is 0 Å². The fourth-order valence-electron chi connectivity index (χ4n) is 5.67. The summed E-state index contributed by atoms with van der Waals surface area (Å²) in [6, 6.07) is 15.8. The summed E-state index contributed by atoms with van der Waals surface area (Å²) in [5, 5.41) is 12.4. The fourth-order valence-corrected chi connectivity index (χ4v) is 5.67. The number of fused-ring (bicyclic) bond motifs is 4. The van der Waals surface area contributed by atoms with Crippen LogP contribution in [0.1, 0.15) is 49.7 Å². The van der Waals surface area contributed by atoms with Crippen molar-refractivity contribution in [3.8, 4) is 11.1 Å². The van der Waals surface area contributed by atoms with Gasteiger partial charge in [-0.25, -0.2) is 9.59 Å². The van der Waals surface area contributed by atoms with Crippen LogP contribution in [0.3, 0.4) is 0 Å². The van der Waals surface area contributed by atoms with Crippen LogP contribution < -0.4 is 5.32 Å². The van der Waals surface area contributed by atoms with E-state index >= 15 is 0 Å². The van der Waals surface area contributed by atoms with Gasteiger partial charge < -0.3 is 20.1 Å². The van der Waals surface area contributed by atoms with Crippen LogP contribution in [0, 0.1) is 5.92 Å². The Morgan fingerprint density at radius 1 is 1.12 bits per heavy atom. The minimum atomic E-state index is -1.03. The zero-order valence-electron chi connectivity index (χ0n) is 18.6. The molecule has 2 fully saturated rings. The maximum absolute atomic E-state index is 12.8. The van der Waals surface area contributed by atoms with Crippen LogP contribution in [0.4, 0.5) is 4.79 Å². The van der Waals surface area contributed by atoms with Crippen molar-refractivity contribution in [2.24, 2.45) is 5.92 Å². The third-order valence-electron chi connectivity index (χ3n) is 7.35. The number of ether oxygens (including phenoxy) is 1. The maximum Gasteiger partial charge on any atom is 0.407 e. The molecule has 5 rings (SSSR count). The standard InChI is InChI=1S/C26H28N2O5/c1-16(13-23(29)28-12-6-7-17-14-26(17,28)24(30)31)27-25(32)33-15-22-20-10-4-2-8-18(20)19-9-3-5-11-21(19)22/h2-5,8-11,16-17,22H,6-7,12-15H2,1H3,(H,27,32)(H,30,31). The van der Waals surface area contributed by atoms with Crippen molar-refractivity contribution in [3.05, 3.63) is 59.7 Å². The number of carboxylic acid groups (broad SMARTS) is 1. The smallest absolute Gasteiger partial charge is 0.407 e. The summed E-state index contributed by atoms with van der Waals surface area (Å²) < 4.78 is 5.56. The maximum atomic E-state index is 12.8. The van der Waals surface area contributed by atoms with Crippen LogP contribution in [0.5, 0.6) is 0 Å². The lowest BCUT2D eigenvalue weighted by Gasteiger charge is -2.34. The first-order valence-corrected chi connectivity index (χ1v) is 11.6. The van der Waals surface area contributed by atoms with Crippen molar-refractivity contribution in [1.82, 2.24) is 10.2 Å². The van der Waals surface area contributed by atoms with Crippen molar-refractivity contribution in [1.29, 1.82) is 0 Å². The molecule has 3 atom stereocenters. The highest BCUT2D eigenvalue weighted by Gasteiger charge is 2.66. The van der Waals surface area contributed by atoms with E-state index < -0.39 is 23.6 Å². The fraction of sp³-hybridized carbons (Fsp3) is 0.423. The molecule has 2 aliphatic carbocycles. The number of hydrogen-bond donors (Lipinski definition) is 2. The average molecular weight is 449 g/mol. The van der Waals surface area contributed by atoms with Gasteiger partial charge in [-0.15, -0.1) is 0 Å². The van der Waals surface area contributed by atoms with E-state index in [2.05, 4.69) is 29.6 Å². The Bertz CT molecular complexity index is 1070. The minimum Gasteiger partial charge on any atom is -0.479 e. The molecule has 0 bridgehead atoms. The van der Waals surface area contributed by atoms with E-state index in [1.807, 2.05) is 24.3 Å². The van der Waals surface area contributed by atoms with Crippen molar-refractivity contribution in [2.45, 2.75) is 50.1 Å². The molecule has 0 aromatic heterocycles. The van der Waals surface area contributed by atoms with Crippen LogP contribution in [0.15, 0.2) is 48.5 Å². The number of nitrogens with zero attached hydrogens (tertiary/aromatic N) is 1. The molecule has 2 aromatic rings. The first-order valence-electron chi connectivity index (χ1n) is 11.6. The molecule has 2 N–H and O–H groups in total. The Morgan fingerprint density at radius 3 is 2.39 bits per heavy atom. The Kier molecular flexibility index (Phi) is 5.35. The zero-order chi connectivity index (χ0) is 23.2. The topological polar surface area (TPSA) is 95.9 Å². The van der Waals surface area contributed by atoms with Gasteiger partial charge in [0, 0.05) is 24.9 Å². The number of benzene rings is 2. The number of carboxylic acids is 1. The Hall–Kier alpha value is -3.35. The van der Waals surface area contributed by atoms with E-state index in [9.17, 15) is 19.5 Å². The summed E-state index contributed by atoms with van der Waals surface area (Å²) in [5.41, 5.74) is 3.57. The first-order chi connectivity index (χ1) is 15.9. The number of amides is 2. The van der Waals surface area contributed by atoms with Gasteiger partial charge in [0.25, 0.3) is 0 Å². The molecule has 7 heteroatoms. The average Bonchev–Trinajstić information content (AvgIpc) is 3.48. The van der Waals surface area contributed by atoms with Gasteiger partial charge in [-0.3, -0.25) is 4.79 Å². The second-order valence-corrected chi connectivity index (χ2v) is 9.39. The lowest BCUT2D eigenvalue weighted by Crippen LogP contribution is -2.52. The molecular formula is C26H28N2O5. The Morgan fingerprint density at radius 2 is 1.76 bits per heavy atom. The van der Waals surface area contributed by atoms with Gasteiger partial charge in [0.2, 0.25) is 5.91 Å². The predicted octanol–water partition coefficient (Wildman–Crippen LogP) is 3.77. The summed E-state index contributed by atoms with van der Waals surface area (Å²) in [7, 11) is 0. The van der Waals surface area contributed by atoms with E-state index in [1.165, 1.54) is 4.90 Å². The lowest BCUT2D eigenvalue weighted by molar-refractivity contribution is -0.154. The predicted molar refractivity (Wildman–Crippen MR) is 122 cm³/mol. The van der Waals surface area contributed by atoms with Crippen molar-refractivity contribution >= 4 is 18.0 Å². The van der Waals surface area contributed by atoms with Gasteiger partial charge in [0.1, 0.15) is 12.1 Å². The van der Waals surface area contributed by atoms with E-state index in [-0.39, 0.29) is 30.8 Å². The highest BCUT2D eigenvalue weighted by atomic mass is 16.5. The molecule has 0 radical (unpaired) electrons. The van der Waals surface area contributed by atoms with Crippen molar-refractivity contribution in [3.63, 3.8) is 0 Å². The number of rotatable bonds is 6. The molecule has 2 amide bonds. The normalized spacial score (nSPS) is 23.7. The molecule has 1 saturated heterocycles. The number of alkyl carbamates (subject to hydrolysis) is 1. The van der Waals surface area contributed by atoms with Crippen LogP contribution in [-0.4, -0.2) is 52.7 Å². The number of carbonyl (C=O) groups excluding carboxylic acids is 2. The van der Waals surface area contributed by atoms with Gasteiger partial charge in [-0.1, -0.05) is 48.5 Å². The van der Waals surface area contributed by atoms with Gasteiger partial charge in [-0.2, -0.15) is 0 Å². The summed E-state index contributed by atoms with van der Waals surface area (Å²) >= 11 is 0. The molecule has 3 aliphatic rings. The highest BCUT2D eigenvalue weighted by Crippen LogP contribution is 2.54. The number of aliphatic carboxylic acids is 1. The van der Waals surface area contributed by atoms with Crippen LogP contribution in [-0.2, 0) is 14.3 Å². The third-order valence-corrected chi connectivity index (χ3v) is 7.35. The molecule has 33 heavy (non-hydrogen) atoms. The molecule has 0 spiro atoms. The van der Waals surface area contributed by atoms with E-state index in [0.717, 1.165) is 35.1 Å². The molecule has 3 unspecified atom stereocenters. The number of likely N-dealkylation sites (tertiary alicyclic amines) is 1. The number of carbonyl (C=O) groups is 3. The molecular weight excluding hydrogens is 420 g/mol. The molecule has 7 nitrogen and oxygen atoms in total. The monoisotopic (exact) mass is 448 g/mol. The van der Waals surface area contributed by atoms with Gasteiger partial charge in [0.05, 0.1) is 0 Å². The second-order valence-electron chi connectivity index (χ2n) is 9.39. The number of piperidine rings is 1. The molecule has 2 aromatic carbocycles. The largest absolute Gasteiger partial charge is 0.479 e. The number of nitrogens with one attached hydrogen (secondary N) is 1. The molecule has 1 aliphatic heterocycles. The summed E-state index contributed by atoms with van der Waals surface area (Å²) in [5.74, 6) is -1.13. The van der Waals surface area contributed by atoms with Gasteiger partial charge in [0.15, 0.2) is 0 Å². The van der Waals surface area contributed by atoms with E-state index in [4.69, 9.17) is 4.74 Å². The Balaban J connectivity index is 1.18. The summed E-state index contributed by atoms with van der Waals surface area (Å²) in [6.07, 6.45) is 1.67. The van der Waals surface area contributed by atoms with Gasteiger partial charge in [-0.05, 0) is 54.4 Å². The van der Waals surface area contributed by atoms with Crippen molar-refractivity contribution < 1.29 is 24.2 Å². The minimum absolute atomic E-state index is 0.0318. The van der Waals surface area contributed by atoms with Crippen LogP contribution in [0.25, 0.3) is 11.1 Å². The molecule has 1 saturated carbocycles. The lowest BCUT2D eigenvalue weighted by atomic mass is 9.98. The highest BCUT2D eigenvalue weighted by molar-refractivity contribution is 5.91. The first kappa shape index (κ1) is 21.5.